The lowest BCUT2D eigenvalue weighted by atomic mass is 9.83. The van der Waals surface area contributed by atoms with Gasteiger partial charge in [-0.3, -0.25) is 4.79 Å². The molecule has 1 aliphatic heterocycles. The van der Waals surface area contributed by atoms with Gasteiger partial charge in [0.2, 0.25) is 5.91 Å². The number of rotatable bonds is 3. The maximum atomic E-state index is 11.8. The second kappa shape index (κ2) is 5.38. The molecule has 1 heterocycles. The number of amides is 1. The highest BCUT2D eigenvalue weighted by molar-refractivity contribution is 9.09. The minimum atomic E-state index is -0.841. The summed E-state index contributed by atoms with van der Waals surface area (Å²) in [5.41, 5.74) is 0. The number of alkyl halides is 1. The molecule has 96 valence electrons. The van der Waals surface area contributed by atoms with Gasteiger partial charge < -0.3 is 10.0 Å². The molecule has 5 heteroatoms. The molecule has 0 aromatic rings. The number of likely N-dealkylation sites (tertiary alicyclic amines) is 1. The number of aliphatic carboxylic acids is 1. The second-order valence-corrected chi connectivity index (χ2v) is 6.32. The molecule has 1 amide bonds. The first-order chi connectivity index (χ1) is 8.09. The first-order valence-electron chi connectivity index (χ1n) is 6.26. The van der Waals surface area contributed by atoms with E-state index in [-0.39, 0.29) is 16.7 Å². The Kier molecular flexibility index (Phi) is 4.07. The molecule has 2 rings (SSSR count). The number of carboxylic acids is 1. The molecule has 0 radical (unpaired) electrons. The summed E-state index contributed by atoms with van der Waals surface area (Å²) in [6.45, 7) is 0.534. The van der Waals surface area contributed by atoms with E-state index in [1.165, 1.54) is 6.42 Å². The predicted octanol–water partition coefficient (Wildman–Crippen LogP) is 2.02. The predicted molar refractivity (Wildman–Crippen MR) is 67.0 cm³/mol. The molecule has 0 aromatic carbocycles. The Morgan fingerprint density at radius 2 is 2.00 bits per heavy atom. The van der Waals surface area contributed by atoms with Crippen LogP contribution in [0.25, 0.3) is 0 Å². The zero-order valence-electron chi connectivity index (χ0n) is 9.77. The number of hydrogen-bond donors (Lipinski definition) is 1. The Bertz CT molecular complexity index is 315. The van der Waals surface area contributed by atoms with Crippen LogP contribution >= 0.6 is 15.9 Å². The molecule has 0 bridgehead atoms. The molecule has 1 aliphatic carbocycles. The Hall–Kier alpha value is -0.580. The van der Waals surface area contributed by atoms with Crippen molar-refractivity contribution in [3.8, 4) is 0 Å². The van der Waals surface area contributed by atoms with E-state index in [2.05, 4.69) is 15.9 Å². The molecule has 1 N–H and O–H groups in total. The van der Waals surface area contributed by atoms with Crippen molar-refractivity contribution in [1.82, 2.24) is 4.90 Å². The van der Waals surface area contributed by atoms with E-state index in [4.69, 9.17) is 0 Å². The molecule has 4 nitrogen and oxygen atoms in total. The third-order valence-corrected chi connectivity index (χ3v) is 4.41. The van der Waals surface area contributed by atoms with Gasteiger partial charge in [-0.1, -0.05) is 35.2 Å². The van der Waals surface area contributed by atoms with Crippen LogP contribution in [0.15, 0.2) is 0 Å². The molecule has 17 heavy (non-hydrogen) atoms. The Morgan fingerprint density at radius 1 is 1.35 bits per heavy atom. The Balaban J connectivity index is 2.11. The summed E-state index contributed by atoms with van der Waals surface area (Å²) < 4.78 is 0. The number of halogens is 1. The van der Waals surface area contributed by atoms with Crippen LogP contribution < -0.4 is 0 Å². The molecule has 1 unspecified atom stereocenters. The quantitative estimate of drug-likeness (QED) is 0.812. The summed E-state index contributed by atoms with van der Waals surface area (Å²) in [4.78, 5) is 24.9. The standard InChI is InChI=1S/C12H18BrNO3/c13-9-6-10(15)14(7-9)11(12(16)17)8-4-2-1-3-5-8/h8-9,11H,1-7H2,(H,16,17)/t9?,11-/m0/s1. The van der Waals surface area contributed by atoms with E-state index < -0.39 is 12.0 Å². The van der Waals surface area contributed by atoms with Crippen LogP contribution in [0.4, 0.5) is 0 Å². The fourth-order valence-corrected chi connectivity index (χ4v) is 3.58. The monoisotopic (exact) mass is 303 g/mol. The van der Waals surface area contributed by atoms with Gasteiger partial charge in [0.05, 0.1) is 0 Å². The van der Waals surface area contributed by atoms with Crippen LogP contribution in [0.3, 0.4) is 0 Å². The topological polar surface area (TPSA) is 57.6 Å². The van der Waals surface area contributed by atoms with Crippen molar-refractivity contribution in [3.63, 3.8) is 0 Å². The lowest BCUT2D eigenvalue weighted by Crippen LogP contribution is -2.47. The van der Waals surface area contributed by atoms with Gasteiger partial charge in [0.1, 0.15) is 6.04 Å². The molecule has 2 aliphatic rings. The van der Waals surface area contributed by atoms with Gasteiger partial charge in [-0.15, -0.1) is 0 Å². The molecule has 2 atom stereocenters. The number of hydrogen-bond acceptors (Lipinski definition) is 2. The first kappa shape index (κ1) is 12.9. The zero-order chi connectivity index (χ0) is 12.4. The van der Waals surface area contributed by atoms with Crippen LogP contribution in [0.2, 0.25) is 0 Å². The average Bonchev–Trinajstić information content (AvgIpc) is 2.59. The first-order valence-corrected chi connectivity index (χ1v) is 7.17. The van der Waals surface area contributed by atoms with Crippen molar-refractivity contribution in [2.45, 2.75) is 49.4 Å². The summed E-state index contributed by atoms with van der Waals surface area (Å²) in [6, 6.07) is -0.606. The van der Waals surface area contributed by atoms with Gasteiger partial charge in [-0.05, 0) is 18.8 Å². The maximum absolute atomic E-state index is 11.8. The number of carboxylic acid groups (broad SMARTS) is 1. The van der Waals surface area contributed by atoms with Gasteiger partial charge in [0.15, 0.2) is 0 Å². The number of nitrogens with zero attached hydrogens (tertiary/aromatic N) is 1. The normalized spacial score (nSPS) is 28.4. The van der Waals surface area contributed by atoms with Crippen LogP contribution in [0.1, 0.15) is 38.5 Å². The molecular formula is C12H18BrNO3. The summed E-state index contributed by atoms with van der Waals surface area (Å²) in [7, 11) is 0. The third kappa shape index (κ3) is 2.81. The van der Waals surface area contributed by atoms with Gasteiger partial charge in [-0.2, -0.15) is 0 Å². The second-order valence-electron chi connectivity index (χ2n) is 5.03. The van der Waals surface area contributed by atoms with Crippen molar-refractivity contribution in [3.05, 3.63) is 0 Å². The molecule has 1 saturated carbocycles. The molecule has 2 fully saturated rings. The lowest BCUT2D eigenvalue weighted by molar-refractivity contribution is -0.151. The SMILES string of the molecule is O=C(O)[C@H](C1CCCCC1)N1CC(Br)CC1=O. The number of carbonyl (C=O) groups excluding carboxylic acids is 1. The fourth-order valence-electron chi connectivity index (χ4n) is 2.99. The van der Waals surface area contributed by atoms with E-state index in [0.717, 1.165) is 25.7 Å². The van der Waals surface area contributed by atoms with E-state index in [0.29, 0.717) is 13.0 Å². The van der Waals surface area contributed by atoms with Crippen molar-refractivity contribution < 1.29 is 14.7 Å². The van der Waals surface area contributed by atoms with Gasteiger partial charge in [0, 0.05) is 17.8 Å². The van der Waals surface area contributed by atoms with Crippen LogP contribution in [0.5, 0.6) is 0 Å². The Labute approximate surface area is 109 Å². The van der Waals surface area contributed by atoms with Gasteiger partial charge in [-0.25, -0.2) is 4.79 Å². The van der Waals surface area contributed by atoms with Crippen molar-refractivity contribution in [2.75, 3.05) is 6.54 Å². The summed E-state index contributed by atoms with van der Waals surface area (Å²) in [6.07, 6.45) is 5.68. The highest BCUT2D eigenvalue weighted by Gasteiger charge is 2.41. The van der Waals surface area contributed by atoms with E-state index in [9.17, 15) is 14.7 Å². The summed E-state index contributed by atoms with van der Waals surface area (Å²) in [5.74, 6) is -0.723. The van der Waals surface area contributed by atoms with Crippen LogP contribution in [-0.2, 0) is 9.59 Å². The third-order valence-electron chi connectivity index (χ3n) is 3.80. The van der Waals surface area contributed by atoms with Gasteiger partial charge in [0.25, 0.3) is 0 Å². The van der Waals surface area contributed by atoms with E-state index in [1.807, 2.05) is 0 Å². The number of carbonyl (C=O) groups is 2. The molecule has 0 spiro atoms. The summed E-state index contributed by atoms with van der Waals surface area (Å²) in [5, 5.41) is 9.38. The van der Waals surface area contributed by atoms with Crippen LogP contribution in [0, 0.1) is 5.92 Å². The largest absolute Gasteiger partial charge is 0.480 e. The van der Waals surface area contributed by atoms with Crippen molar-refractivity contribution >= 4 is 27.8 Å². The molecular weight excluding hydrogens is 286 g/mol. The van der Waals surface area contributed by atoms with E-state index >= 15 is 0 Å². The van der Waals surface area contributed by atoms with Crippen LogP contribution in [-0.4, -0.2) is 39.3 Å². The average molecular weight is 304 g/mol. The molecule has 1 saturated heterocycles. The highest BCUT2D eigenvalue weighted by atomic mass is 79.9. The minimum absolute atomic E-state index is 0.0233. The smallest absolute Gasteiger partial charge is 0.326 e. The molecule has 0 aromatic heterocycles. The fraction of sp³-hybridized carbons (Fsp3) is 0.833. The Morgan fingerprint density at radius 3 is 2.47 bits per heavy atom. The lowest BCUT2D eigenvalue weighted by Gasteiger charge is -2.33. The van der Waals surface area contributed by atoms with Gasteiger partial charge >= 0.3 is 5.97 Å². The van der Waals surface area contributed by atoms with Crippen molar-refractivity contribution in [2.24, 2.45) is 5.92 Å². The van der Waals surface area contributed by atoms with E-state index in [1.54, 1.807) is 4.90 Å². The highest BCUT2D eigenvalue weighted by Crippen LogP contribution is 2.32. The minimum Gasteiger partial charge on any atom is -0.480 e. The summed E-state index contributed by atoms with van der Waals surface area (Å²) >= 11 is 3.41. The maximum Gasteiger partial charge on any atom is 0.326 e. The van der Waals surface area contributed by atoms with Crippen molar-refractivity contribution in [1.29, 1.82) is 0 Å². The zero-order valence-corrected chi connectivity index (χ0v) is 11.4.